The van der Waals surface area contributed by atoms with Gasteiger partial charge in [0.05, 0.1) is 13.7 Å². The summed E-state index contributed by atoms with van der Waals surface area (Å²) >= 11 is 0. The Labute approximate surface area is 720 Å². The second-order valence-electron chi connectivity index (χ2n) is 28.5. The van der Waals surface area contributed by atoms with Crippen LogP contribution in [-0.2, 0) is 0 Å². The van der Waals surface area contributed by atoms with Crippen molar-refractivity contribution < 1.29 is 33.4 Å². The van der Waals surface area contributed by atoms with E-state index < -0.39 is 0 Å². The van der Waals surface area contributed by atoms with E-state index in [0.29, 0.717) is 80.1 Å². The molecule has 632 valence electrons. The van der Waals surface area contributed by atoms with Gasteiger partial charge < -0.3 is 36.1 Å². The lowest BCUT2D eigenvalue weighted by molar-refractivity contribution is 0.101. The van der Waals surface area contributed by atoms with Gasteiger partial charge in [-0.05, 0) is 245 Å². The molecule has 36 heteroatoms. The Morgan fingerprint density at radius 3 is 0.825 bits per heavy atom. The standard InChI is InChI=1S/C17H17N5O.C15H13N5O2.2C15H13N5O.C14H11N5O.C14H18N4O/c1-11(2)12-7-9-15(10-8-12)18-17(23)14-5-3-13(4-6-14)16-19-21-22-20-16;1-22-13-8-6-12(7-9-13)16-15(21)11-4-2-10(3-5-11)14-17-19-20-18-14;2*1-10-2-8-13(9-3-10)16-15(21)12-6-4-11(5-7-12)14-17-19-20-18-14;20-14(11-4-2-1-3-5-11)15-12-8-6-10(7-9-12)13-16-18-19-17-13;1-2-4-11(5-3-1)10-19-13-8-6-12(7-9-13)14-15-17-18-16-14/h3-11H,1-2H3,(H,18,23)(H,19,20,21,22);2-9H,1H3,(H,16,21)(H,17,18,19,20);2*2-9H,1H3,(H,16,21)(H,17,18,19,20);1-9H,(H,15,20)(H,16,17,18,19);6-9,11H,1-5,10H2,(H,15,16,17,18). The molecule has 17 aromatic rings. The monoisotopic (exact) mass is 1680 g/mol. The van der Waals surface area contributed by atoms with Crippen molar-refractivity contribution in [2.75, 3.05) is 40.3 Å². The Kier molecular flexibility index (Phi) is 30.4. The number of aromatic nitrogens is 24. The van der Waals surface area contributed by atoms with E-state index in [9.17, 15) is 24.0 Å². The summed E-state index contributed by atoms with van der Waals surface area (Å²) in [4.78, 5) is 60.7. The van der Waals surface area contributed by atoms with Crippen molar-refractivity contribution in [2.24, 2.45) is 5.92 Å². The first-order chi connectivity index (χ1) is 61.6. The lowest BCUT2D eigenvalue weighted by Gasteiger charge is -2.21. The van der Waals surface area contributed by atoms with E-state index in [-0.39, 0.29) is 29.5 Å². The molecule has 126 heavy (non-hydrogen) atoms. The number of tetrazole rings is 6. The molecule has 6 aromatic heterocycles. The molecule has 1 fully saturated rings. The zero-order valence-corrected chi connectivity index (χ0v) is 68.8. The Bertz CT molecular complexity index is 6010. The summed E-state index contributed by atoms with van der Waals surface area (Å²) in [6, 6.07) is 82.6. The third kappa shape index (κ3) is 25.7. The highest BCUT2D eigenvalue weighted by Crippen LogP contribution is 2.28. The Morgan fingerprint density at radius 2 is 0.556 bits per heavy atom. The van der Waals surface area contributed by atoms with Crippen molar-refractivity contribution in [3.8, 4) is 79.8 Å². The van der Waals surface area contributed by atoms with Crippen LogP contribution in [0.4, 0.5) is 28.4 Å². The van der Waals surface area contributed by atoms with Gasteiger partial charge in [-0.15, -0.1) is 61.2 Å². The maximum absolute atomic E-state index is 12.3. The van der Waals surface area contributed by atoms with Gasteiger partial charge in [-0.2, -0.15) is 31.3 Å². The van der Waals surface area contributed by atoms with E-state index in [1.165, 1.54) is 37.7 Å². The highest BCUT2D eigenvalue weighted by atomic mass is 16.5. The number of H-pyrrole nitrogens is 6. The first-order valence-electron chi connectivity index (χ1n) is 39.7. The molecule has 0 spiro atoms. The second-order valence-corrected chi connectivity index (χ2v) is 28.5. The van der Waals surface area contributed by atoms with Crippen LogP contribution in [0.15, 0.2) is 273 Å². The van der Waals surface area contributed by atoms with Gasteiger partial charge in [-0.3, -0.25) is 24.0 Å². The summed E-state index contributed by atoms with van der Waals surface area (Å²) in [5, 5.41) is 96.5. The molecule has 0 saturated heterocycles. The zero-order valence-electron chi connectivity index (χ0n) is 68.8. The third-order valence-corrected chi connectivity index (χ3v) is 19.3. The number of aryl methyl sites for hydroxylation is 2. The van der Waals surface area contributed by atoms with Crippen LogP contribution >= 0.6 is 0 Å². The first-order valence-corrected chi connectivity index (χ1v) is 39.7. The SMILES string of the molecule is CC(C)c1ccc(NC(=O)c2ccc(-c3nn[nH]n3)cc2)cc1.COc1ccc(NC(=O)c2ccc(-c3nn[nH]n3)cc2)cc1.Cc1ccc(NC(=O)c2ccc(-c3nn[nH]n3)cc2)cc1.Cc1ccc(NC(=O)c2ccc(-c3nn[nH]n3)cc2)cc1.O=C(Nc1ccc(-c2nn[nH]n2)cc1)c1ccccc1.c1cc(-c2nn[nH]n2)ccc1OCC1CCCCC1. The number of benzene rings is 11. The Hall–Kier alpha value is -17.2. The number of amides is 5. The summed E-state index contributed by atoms with van der Waals surface area (Å²) in [6.07, 6.45) is 6.70. The van der Waals surface area contributed by atoms with Crippen molar-refractivity contribution in [2.45, 2.75) is 65.7 Å². The third-order valence-electron chi connectivity index (χ3n) is 19.3. The van der Waals surface area contributed by atoms with Crippen LogP contribution < -0.4 is 36.1 Å². The molecular formula is C90H85N29O7. The maximum Gasteiger partial charge on any atom is 0.255 e. The first kappa shape index (κ1) is 86.6. The van der Waals surface area contributed by atoms with Gasteiger partial charge >= 0.3 is 0 Å². The van der Waals surface area contributed by atoms with Crippen molar-refractivity contribution in [1.29, 1.82) is 0 Å². The summed E-state index contributed by atoms with van der Waals surface area (Å²) < 4.78 is 10.9. The zero-order chi connectivity index (χ0) is 87.6. The minimum Gasteiger partial charge on any atom is -0.497 e. The number of nitrogens with zero attached hydrogens (tertiary/aromatic N) is 18. The van der Waals surface area contributed by atoms with Crippen molar-refractivity contribution in [3.05, 3.63) is 317 Å². The van der Waals surface area contributed by atoms with E-state index in [1.807, 2.05) is 141 Å². The van der Waals surface area contributed by atoms with E-state index in [1.54, 1.807) is 153 Å². The number of hydrogen-bond donors (Lipinski definition) is 11. The van der Waals surface area contributed by atoms with Crippen LogP contribution in [0, 0.1) is 19.8 Å². The number of methoxy groups -OCH3 is 1. The molecule has 6 heterocycles. The summed E-state index contributed by atoms with van der Waals surface area (Å²) in [5.41, 5.74) is 15.1. The Balaban J connectivity index is 0.000000130. The molecule has 0 unspecified atom stereocenters. The number of carbonyl (C=O) groups excluding carboxylic acids is 5. The second kappa shape index (κ2) is 44.2. The van der Waals surface area contributed by atoms with E-state index >= 15 is 0 Å². The molecule has 36 nitrogen and oxygen atoms in total. The minimum absolute atomic E-state index is 0.141. The summed E-state index contributed by atoms with van der Waals surface area (Å²) in [7, 11) is 1.60. The lowest BCUT2D eigenvalue weighted by Crippen LogP contribution is -2.15. The smallest absolute Gasteiger partial charge is 0.255 e. The fourth-order valence-corrected chi connectivity index (χ4v) is 12.3. The number of ether oxygens (including phenoxy) is 2. The normalized spacial score (nSPS) is 11.3. The molecule has 1 aliphatic rings. The van der Waals surface area contributed by atoms with Gasteiger partial charge in [0.1, 0.15) is 11.5 Å². The quantitative estimate of drug-likeness (QED) is 0.0318. The van der Waals surface area contributed by atoms with E-state index in [2.05, 4.69) is 164 Å². The number of anilines is 5. The minimum atomic E-state index is -0.190. The number of carbonyl (C=O) groups is 5. The average molecular weight is 1680 g/mol. The maximum atomic E-state index is 12.3. The molecule has 0 aliphatic heterocycles. The Morgan fingerprint density at radius 1 is 0.310 bits per heavy atom. The average Bonchev–Trinajstić information content (AvgIpc) is 1.21. The predicted molar refractivity (Wildman–Crippen MR) is 472 cm³/mol. The highest BCUT2D eigenvalue weighted by molar-refractivity contribution is 6.07. The number of rotatable bonds is 21. The van der Waals surface area contributed by atoms with Gasteiger partial charge in [0.2, 0.25) is 34.9 Å². The largest absolute Gasteiger partial charge is 0.497 e. The van der Waals surface area contributed by atoms with Crippen molar-refractivity contribution >= 4 is 58.0 Å². The molecule has 11 aromatic carbocycles. The van der Waals surface area contributed by atoms with Gasteiger partial charge in [-0.25, -0.2) is 0 Å². The molecular weight excluding hydrogens is 1600 g/mol. The molecule has 0 radical (unpaired) electrons. The fourth-order valence-electron chi connectivity index (χ4n) is 12.3. The molecule has 18 rings (SSSR count). The molecule has 0 atom stereocenters. The van der Waals surface area contributed by atoms with Crippen LogP contribution in [0.3, 0.4) is 0 Å². The van der Waals surface area contributed by atoms with Gasteiger partial charge in [0, 0.05) is 89.6 Å². The summed E-state index contributed by atoms with van der Waals surface area (Å²) in [6.45, 7) is 9.11. The van der Waals surface area contributed by atoms with Crippen molar-refractivity contribution in [1.82, 2.24) is 124 Å². The van der Waals surface area contributed by atoms with Crippen LogP contribution in [0.5, 0.6) is 11.5 Å². The van der Waals surface area contributed by atoms with Crippen molar-refractivity contribution in [3.63, 3.8) is 0 Å². The van der Waals surface area contributed by atoms with Crippen LogP contribution in [0.2, 0.25) is 0 Å². The van der Waals surface area contributed by atoms with Crippen LogP contribution in [-0.4, -0.2) is 167 Å². The van der Waals surface area contributed by atoms with E-state index in [4.69, 9.17) is 9.47 Å². The highest BCUT2D eigenvalue weighted by Gasteiger charge is 2.17. The molecule has 1 saturated carbocycles. The topological polar surface area (TPSA) is 491 Å². The number of nitrogens with one attached hydrogen (secondary N) is 11. The summed E-state index contributed by atoms with van der Waals surface area (Å²) in [5.74, 6) is 5.18. The number of hydrogen-bond acceptors (Lipinski definition) is 25. The number of aromatic amines is 6. The van der Waals surface area contributed by atoms with Gasteiger partial charge in [0.25, 0.3) is 29.5 Å². The molecule has 5 amide bonds. The van der Waals surface area contributed by atoms with E-state index in [0.717, 1.165) is 85.6 Å². The molecule has 0 bridgehead atoms. The molecule has 11 N–H and O–H groups in total. The predicted octanol–water partition coefficient (Wildman–Crippen LogP) is 15.2. The van der Waals surface area contributed by atoms with Crippen LogP contribution in [0.1, 0.15) is 120 Å². The molecule has 1 aliphatic carbocycles. The lowest BCUT2D eigenvalue weighted by atomic mass is 9.90. The van der Waals surface area contributed by atoms with Gasteiger partial charge in [-0.1, -0.05) is 147 Å². The van der Waals surface area contributed by atoms with Gasteiger partial charge in [0.15, 0.2) is 0 Å². The fraction of sp³-hybridized carbons (Fsp3) is 0.144. The van der Waals surface area contributed by atoms with Crippen LogP contribution in [0.25, 0.3) is 68.3 Å².